The summed E-state index contributed by atoms with van der Waals surface area (Å²) in [6.07, 6.45) is 4.12. The van der Waals surface area contributed by atoms with Crippen LogP contribution in [0.1, 0.15) is 34.0 Å². The molecule has 108 valence electrons. The molecule has 0 spiro atoms. The second-order valence-corrected chi connectivity index (χ2v) is 5.04. The molecule has 2 aromatic rings. The molecule has 0 saturated carbocycles. The fraction of sp³-hybridized carbons (Fsp3) is 0.294. The lowest BCUT2D eigenvalue weighted by atomic mass is 9.91. The first-order valence-corrected chi connectivity index (χ1v) is 7.23. The number of ether oxygens (including phenoxy) is 1. The summed E-state index contributed by atoms with van der Waals surface area (Å²) in [5, 5.41) is 3.33. The third-order valence-electron chi connectivity index (χ3n) is 3.67. The smallest absolute Gasteiger partial charge is 0.194 e. The van der Waals surface area contributed by atoms with Crippen LogP contribution < -0.4 is 10.1 Å². The molecule has 21 heavy (non-hydrogen) atoms. The molecule has 0 radical (unpaired) electrons. The Morgan fingerprint density at radius 2 is 2.29 bits per heavy atom. The van der Waals surface area contributed by atoms with Crippen molar-refractivity contribution in [3.8, 4) is 5.75 Å². The minimum atomic E-state index is 0.0165. The Kier molecular flexibility index (Phi) is 3.97. The number of aromatic nitrogens is 1. The number of rotatable bonds is 4. The van der Waals surface area contributed by atoms with E-state index >= 15 is 0 Å². The SMILES string of the molecule is CCOc1cncc(C(=O)c2cccc3c2CCNC3)c1. The molecule has 1 aromatic carbocycles. The summed E-state index contributed by atoms with van der Waals surface area (Å²) in [4.78, 5) is 16.9. The van der Waals surface area contributed by atoms with Crippen molar-refractivity contribution in [3.63, 3.8) is 0 Å². The molecule has 0 atom stereocenters. The van der Waals surface area contributed by atoms with Gasteiger partial charge in [0.1, 0.15) is 5.75 Å². The Labute approximate surface area is 124 Å². The minimum Gasteiger partial charge on any atom is -0.492 e. The normalized spacial score (nSPS) is 13.6. The van der Waals surface area contributed by atoms with Crippen LogP contribution in [0.15, 0.2) is 36.7 Å². The molecule has 1 N–H and O–H groups in total. The first-order chi connectivity index (χ1) is 10.3. The molecule has 0 bridgehead atoms. The lowest BCUT2D eigenvalue weighted by Crippen LogP contribution is -2.25. The van der Waals surface area contributed by atoms with Crippen LogP contribution in [0.2, 0.25) is 0 Å². The van der Waals surface area contributed by atoms with E-state index in [2.05, 4.69) is 16.4 Å². The third kappa shape index (κ3) is 2.81. The van der Waals surface area contributed by atoms with Crippen molar-refractivity contribution in [1.82, 2.24) is 10.3 Å². The molecule has 1 aromatic heterocycles. The fourth-order valence-corrected chi connectivity index (χ4v) is 2.69. The summed E-state index contributed by atoms with van der Waals surface area (Å²) in [7, 11) is 0. The van der Waals surface area contributed by atoms with Gasteiger partial charge in [-0.15, -0.1) is 0 Å². The van der Waals surface area contributed by atoms with Gasteiger partial charge in [0, 0.05) is 23.9 Å². The van der Waals surface area contributed by atoms with E-state index in [0.29, 0.717) is 17.9 Å². The molecule has 4 nitrogen and oxygen atoms in total. The standard InChI is InChI=1S/C17H18N2O2/c1-2-21-14-8-13(10-19-11-14)17(20)16-5-3-4-12-9-18-7-6-15(12)16/h3-5,8,10-11,18H,2,6-7,9H2,1H3. The van der Waals surface area contributed by atoms with Gasteiger partial charge in [0.2, 0.25) is 0 Å². The van der Waals surface area contributed by atoms with E-state index in [1.807, 2.05) is 19.1 Å². The largest absolute Gasteiger partial charge is 0.492 e. The number of hydrogen-bond donors (Lipinski definition) is 1. The molecule has 1 aliphatic rings. The van der Waals surface area contributed by atoms with Crippen LogP contribution >= 0.6 is 0 Å². The highest BCUT2D eigenvalue weighted by atomic mass is 16.5. The van der Waals surface area contributed by atoms with Gasteiger partial charge < -0.3 is 10.1 Å². The van der Waals surface area contributed by atoms with Crippen molar-refractivity contribution in [2.75, 3.05) is 13.2 Å². The first kappa shape index (κ1) is 13.8. The molecule has 0 saturated heterocycles. The van der Waals surface area contributed by atoms with Crippen molar-refractivity contribution in [3.05, 3.63) is 58.9 Å². The van der Waals surface area contributed by atoms with Gasteiger partial charge in [-0.2, -0.15) is 0 Å². The highest BCUT2D eigenvalue weighted by molar-refractivity contribution is 6.10. The monoisotopic (exact) mass is 282 g/mol. The highest BCUT2D eigenvalue weighted by Crippen LogP contribution is 2.22. The van der Waals surface area contributed by atoms with Gasteiger partial charge in [0.15, 0.2) is 5.78 Å². The summed E-state index contributed by atoms with van der Waals surface area (Å²) < 4.78 is 5.42. The Morgan fingerprint density at radius 3 is 3.14 bits per heavy atom. The summed E-state index contributed by atoms with van der Waals surface area (Å²) in [5.74, 6) is 0.651. The molecular formula is C17H18N2O2. The molecule has 1 aliphatic heterocycles. The van der Waals surface area contributed by atoms with Gasteiger partial charge in [-0.1, -0.05) is 18.2 Å². The summed E-state index contributed by atoms with van der Waals surface area (Å²) >= 11 is 0. The highest BCUT2D eigenvalue weighted by Gasteiger charge is 2.19. The van der Waals surface area contributed by atoms with Gasteiger partial charge in [0.25, 0.3) is 0 Å². The second-order valence-electron chi connectivity index (χ2n) is 5.04. The van der Waals surface area contributed by atoms with Crippen LogP contribution in [0.3, 0.4) is 0 Å². The van der Waals surface area contributed by atoms with Gasteiger partial charge >= 0.3 is 0 Å². The molecule has 0 unspecified atom stereocenters. The molecule has 0 aliphatic carbocycles. The van der Waals surface area contributed by atoms with Crippen LogP contribution in [0, 0.1) is 0 Å². The predicted molar refractivity (Wildman–Crippen MR) is 80.7 cm³/mol. The average Bonchev–Trinajstić information content (AvgIpc) is 2.54. The maximum absolute atomic E-state index is 12.8. The number of nitrogens with zero attached hydrogens (tertiary/aromatic N) is 1. The minimum absolute atomic E-state index is 0.0165. The van der Waals surface area contributed by atoms with Crippen molar-refractivity contribution in [1.29, 1.82) is 0 Å². The van der Waals surface area contributed by atoms with Gasteiger partial charge in [-0.25, -0.2) is 0 Å². The zero-order valence-electron chi connectivity index (χ0n) is 12.1. The van der Waals surface area contributed by atoms with E-state index in [0.717, 1.165) is 30.6 Å². The predicted octanol–water partition coefficient (Wildman–Crippen LogP) is 2.36. The average molecular weight is 282 g/mol. The third-order valence-corrected chi connectivity index (χ3v) is 3.67. The fourth-order valence-electron chi connectivity index (χ4n) is 2.69. The van der Waals surface area contributed by atoms with Crippen LogP contribution in [0.4, 0.5) is 0 Å². The molecule has 0 amide bonds. The summed E-state index contributed by atoms with van der Waals surface area (Å²) in [6.45, 7) is 4.21. The number of benzene rings is 1. The van der Waals surface area contributed by atoms with Crippen molar-refractivity contribution in [2.45, 2.75) is 19.9 Å². The van der Waals surface area contributed by atoms with Crippen LogP contribution in [0.25, 0.3) is 0 Å². The lowest BCUT2D eigenvalue weighted by Gasteiger charge is -2.19. The van der Waals surface area contributed by atoms with Crippen molar-refractivity contribution >= 4 is 5.78 Å². The molecule has 0 fully saturated rings. The summed E-state index contributed by atoms with van der Waals surface area (Å²) in [6, 6.07) is 7.69. The van der Waals surface area contributed by atoms with Crippen molar-refractivity contribution in [2.24, 2.45) is 0 Å². The van der Waals surface area contributed by atoms with Gasteiger partial charge in [-0.05, 0) is 37.1 Å². The number of ketones is 1. The lowest BCUT2D eigenvalue weighted by molar-refractivity contribution is 0.103. The molecule has 4 heteroatoms. The first-order valence-electron chi connectivity index (χ1n) is 7.23. The molecular weight excluding hydrogens is 264 g/mol. The maximum atomic E-state index is 12.8. The van der Waals surface area contributed by atoms with E-state index in [1.54, 1.807) is 18.5 Å². The Balaban J connectivity index is 1.97. The number of pyridine rings is 1. The zero-order chi connectivity index (χ0) is 14.7. The number of carbonyl (C=O) groups is 1. The Morgan fingerprint density at radius 1 is 1.38 bits per heavy atom. The molecule has 2 heterocycles. The second kappa shape index (κ2) is 6.06. The zero-order valence-corrected chi connectivity index (χ0v) is 12.1. The number of nitrogens with one attached hydrogen (secondary N) is 1. The van der Waals surface area contributed by atoms with Gasteiger partial charge in [0.05, 0.1) is 12.8 Å². The Bertz CT molecular complexity index is 668. The Hall–Kier alpha value is -2.20. The van der Waals surface area contributed by atoms with E-state index in [-0.39, 0.29) is 5.78 Å². The van der Waals surface area contributed by atoms with Crippen LogP contribution in [0.5, 0.6) is 5.75 Å². The van der Waals surface area contributed by atoms with E-state index < -0.39 is 0 Å². The van der Waals surface area contributed by atoms with Crippen LogP contribution in [-0.2, 0) is 13.0 Å². The quantitative estimate of drug-likeness (QED) is 0.875. The topological polar surface area (TPSA) is 51.2 Å². The maximum Gasteiger partial charge on any atom is 0.194 e. The summed E-state index contributed by atoms with van der Waals surface area (Å²) in [5.41, 5.74) is 3.72. The van der Waals surface area contributed by atoms with Crippen molar-refractivity contribution < 1.29 is 9.53 Å². The van der Waals surface area contributed by atoms with E-state index in [4.69, 9.17) is 4.74 Å². The van der Waals surface area contributed by atoms with Crippen LogP contribution in [-0.4, -0.2) is 23.9 Å². The number of fused-ring (bicyclic) bond motifs is 1. The number of hydrogen-bond acceptors (Lipinski definition) is 4. The van der Waals surface area contributed by atoms with E-state index in [1.165, 1.54) is 5.56 Å². The molecule has 3 rings (SSSR count). The van der Waals surface area contributed by atoms with E-state index in [9.17, 15) is 4.79 Å². The number of carbonyl (C=O) groups excluding carboxylic acids is 1. The van der Waals surface area contributed by atoms with Gasteiger partial charge in [-0.3, -0.25) is 9.78 Å².